The molecule has 1 fully saturated rings. The summed E-state index contributed by atoms with van der Waals surface area (Å²) in [6, 6.07) is 1.40. The third kappa shape index (κ3) is 3.21. The molecule has 24 heavy (non-hydrogen) atoms. The number of hydrogen-bond donors (Lipinski definition) is 1. The zero-order valence-electron chi connectivity index (χ0n) is 13.7. The number of nitrogens with zero attached hydrogens (tertiary/aromatic N) is 2. The molecule has 8 nitrogen and oxygen atoms in total. The van der Waals surface area contributed by atoms with Gasteiger partial charge in [-0.05, 0) is 17.9 Å². The van der Waals surface area contributed by atoms with E-state index in [-0.39, 0.29) is 19.1 Å². The van der Waals surface area contributed by atoms with Gasteiger partial charge in [-0.25, -0.2) is 12.8 Å². The van der Waals surface area contributed by atoms with Crippen molar-refractivity contribution in [2.24, 2.45) is 11.1 Å². The van der Waals surface area contributed by atoms with Crippen molar-refractivity contribution in [3.8, 4) is 5.75 Å². The van der Waals surface area contributed by atoms with Crippen molar-refractivity contribution in [3.63, 3.8) is 0 Å². The zero-order chi connectivity index (χ0) is 18.3. The van der Waals surface area contributed by atoms with E-state index < -0.39 is 42.5 Å². The van der Waals surface area contributed by atoms with Gasteiger partial charge >= 0.3 is 5.69 Å². The van der Waals surface area contributed by atoms with Gasteiger partial charge in [0.05, 0.1) is 16.9 Å². The Kier molecular flexibility index (Phi) is 4.84. The number of nitro benzene ring substituents is 1. The van der Waals surface area contributed by atoms with Crippen LogP contribution in [0.5, 0.6) is 5.75 Å². The Morgan fingerprint density at radius 2 is 2.08 bits per heavy atom. The molecule has 0 spiro atoms. The van der Waals surface area contributed by atoms with Crippen molar-refractivity contribution in [1.29, 1.82) is 0 Å². The first-order valence-corrected chi connectivity index (χ1v) is 8.72. The van der Waals surface area contributed by atoms with Crippen molar-refractivity contribution in [2.45, 2.75) is 31.2 Å². The van der Waals surface area contributed by atoms with E-state index in [9.17, 15) is 22.9 Å². The molecule has 1 aromatic carbocycles. The van der Waals surface area contributed by atoms with Gasteiger partial charge in [-0.3, -0.25) is 10.1 Å². The summed E-state index contributed by atoms with van der Waals surface area (Å²) in [4.78, 5) is 9.72. The molecule has 1 aliphatic heterocycles. The summed E-state index contributed by atoms with van der Waals surface area (Å²) >= 11 is 0. The van der Waals surface area contributed by atoms with Gasteiger partial charge in [-0.2, -0.15) is 4.31 Å². The Morgan fingerprint density at radius 3 is 2.58 bits per heavy atom. The standard InChI is InChI=1S/C14H20FN3O5S/c1-14(2)8-17(5-4-12(14)16)24(21,22)9-6-10(15)13(23-3)11(7-9)18(19)20/h6-7,12H,4-5,8,16H2,1-3H3. The molecule has 0 bridgehead atoms. The van der Waals surface area contributed by atoms with Crippen LogP contribution in [0.15, 0.2) is 17.0 Å². The third-order valence-corrected chi connectivity index (χ3v) is 6.14. The number of methoxy groups -OCH3 is 1. The maximum absolute atomic E-state index is 14.1. The first-order chi connectivity index (χ1) is 11.0. The van der Waals surface area contributed by atoms with Gasteiger partial charge in [0.15, 0.2) is 5.82 Å². The van der Waals surface area contributed by atoms with E-state index >= 15 is 0 Å². The number of nitrogens with two attached hydrogens (primary N) is 1. The molecule has 1 aromatic rings. The second-order valence-electron chi connectivity index (χ2n) is 6.44. The predicted molar refractivity (Wildman–Crippen MR) is 84.7 cm³/mol. The number of nitro groups is 1. The van der Waals surface area contributed by atoms with E-state index in [0.717, 1.165) is 19.2 Å². The topological polar surface area (TPSA) is 116 Å². The van der Waals surface area contributed by atoms with E-state index in [1.165, 1.54) is 4.31 Å². The lowest BCUT2D eigenvalue weighted by Crippen LogP contribution is -2.53. The summed E-state index contributed by atoms with van der Waals surface area (Å²) in [5.41, 5.74) is 4.81. The smallest absolute Gasteiger partial charge is 0.315 e. The number of piperidine rings is 1. The molecule has 2 N–H and O–H groups in total. The Bertz CT molecular complexity index is 766. The van der Waals surface area contributed by atoms with Crippen LogP contribution < -0.4 is 10.5 Å². The molecule has 1 saturated heterocycles. The minimum atomic E-state index is -4.08. The van der Waals surface area contributed by atoms with Crippen molar-refractivity contribution >= 4 is 15.7 Å². The molecule has 1 atom stereocenters. The summed E-state index contributed by atoms with van der Waals surface area (Å²) in [6.45, 7) is 4.01. The molecular formula is C14H20FN3O5S. The van der Waals surface area contributed by atoms with Crippen LogP contribution in [0.4, 0.5) is 10.1 Å². The van der Waals surface area contributed by atoms with Gasteiger partial charge in [0.25, 0.3) is 0 Å². The quantitative estimate of drug-likeness (QED) is 0.641. The molecule has 134 valence electrons. The summed E-state index contributed by atoms with van der Waals surface area (Å²) in [5, 5.41) is 11.1. The monoisotopic (exact) mass is 361 g/mol. The Labute approximate surface area is 139 Å². The van der Waals surface area contributed by atoms with Crippen LogP contribution in [-0.2, 0) is 10.0 Å². The lowest BCUT2D eigenvalue weighted by Gasteiger charge is -2.41. The molecule has 0 aliphatic carbocycles. The Balaban J connectivity index is 2.49. The average Bonchev–Trinajstić information content (AvgIpc) is 2.48. The average molecular weight is 361 g/mol. The maximum Gasteiger partial charge on any atom is 0.315 e. The fourth-order valence-electron chi connectivity index (χ4n) is 2.72. The van der Waals surface area contributed by atoms with Crippen LogP contribution in [0, 0.1) is 21.3 Å². The molecule has 2 rings (SSSR count). The third-order valence-electron chi connectivity index (χ3n) is 4.31. The minimum absolute atomic E-state index is 0.151. The molecule has 1 aliphatic rings. The predicted octanol–water partition coefficient (Wildman–Crippen LogP) is 1.49. The van der Waals surface area contributed by atoms with Gasteiger partial charge in [0.1, 0.15) is 0 Å². The summed E-state index contributed by atoms with van der Waals surface area (Å²) in [6.07, 6.45) is 0.451. The highest BCUT2D eigenvalue weighted by atomic mass is 32.2. The fourth-order valence-corrected chi connectivity index (χ4v) is 4.38. The van der Waals surface area contributed by atoms with Gasteiger partial charge in [-0.15, -0.1) is 0 Å². The van der Waals surface area contributed by atoms with Crippen LogP contribution >= 0.6 is 0 Å². The SMILES string of the molecule is COc1c(F)cc(S(=O)(=O)N2CCC(N)C(C)(C)C2)cc1[N+](=O)[O-]. The number of halogens is 1. The van der Waals surface area contributed by atoms with E-state index in [1.54, 1.807) is 0 Å². The molecule has 0 aromatic heterocycles. The highest BCUT2D eigenvalue weighted by molar-refractivity contribution is 7.89. The van der Waals surface area contributed by atoms with Crippen molar-refractivity contribution in [1.82, 2.24) is 4.31 Å². The number of benzene rings is 1. The maximum atomic E-state index is 14.1. The van der Waals surface area contributed by atoms with Crippen LogP contribution in [-0.4, -0.2) is 43.9 Å². The normalized spacial score (nSPS) is 21.5. The minimum Gasteiger partial charge on any atom is -0.488 e. The molecule has 0 amide bonds. The summed E-state index contributed by atoms with van der Waals surface area (Å²) in [5.74, 6) is -1.70. The van der Waals surface area contributed by atoms with Crippen LogP contribution in [0.1, 0.15) is 20.3 Å². The molecule has 0 saturated carbocycles. The van der Waals surface area contributed by atoms with E-state index in [4.69, 9.17) is 5.73 Å². The lowest BCUT2D eigenvalue weighted by molar-refractivity contribution is -0.386. The Hall–Kier alpha value is -1.78. The second kappa shape index (κ2) is 6.26. The second-order valence-corrected chi connectivity index (χ2v) is 8.37. The van der Waals surface area contributed by atoms with E-state index in [2.05, 4.69) is 4.74 Å². The highest BCUT2D eigenvalue weighted by Crippen LogP contribution is 2.36. The zero-order valence-corrected chi connectivity index (χ0v) is 14.5. The van der Waals surface area contributed by atoms with Crippen LogP contribution in [0.25, 0.3) is 0 Å². The fraction of sp³-hybridized carbons (Fsp3) is 0.571. The lowest BCUT2D eigenvalue weighted by atomic mass is 9.81. The number of sulfonamides is 1. The molecule has 0 radical (unpaired) electrons. The number of hydrogen-bond acceptors (Lipinski definition) is 6. The van der Waals surface area contributed by atoms with E-state index in [1.807, 2.05) is 13.8 Å². The molecule has 1 heterocycles. The molecule has 1 unspecified atom stereocenters. The van der Waals surface area contributed by atoms with Crippen molar-refractivity contribution < 1.29 is 22.5 Å². The van der Waals surface area contributed by atoms with Gasteiger partial charge in [0.2, 0.25) is 15.8 Å². The number of rotatable bonds is 4. The number of ether oxygens (including phenoxy) is 1. The van der Waals surface area contributed by atoms with Crippen LogP contribution in [0.2, 0.25) is 0 Å². The first-order valence-electron chi connectivity index (χ1n) is 7.28. The summed E-state index contributed by atoms with van der Waals surface area (Å²) < 4.78 is 45.4. The Morgan fingerprint density at radius 1 is 1.46 bits per heavy atom. The van der Waals surface area contributed by atoms with E-state index in [0.29, 0.717) is 6.42 Å². The molecular weight excluding hydrogens is 341 g/mol. The van der Waals surface area contributed by atoms with Crippen LogP contribution in [0.3, 0.4) is 0 Å². The summed E-state index contributed by atoms with van der Waals surface area (Å²) in [7, 11) is -3.00. The van der Waals surface area contributed by atoms with Gasteiger partial charge in [-0.1, -0.05) is 13.8 Å². The van der Waals surface area contributed by atoms with Crippen molar-refractivity contribution in [2.75, 3.05) is 20.2 Å². The largest absolute Gasteiger partial charge is 0.488 e. The van der Waals surface area contributed by atoms with Gasteiger partial charge in [0, 0.05) is 25.2 Å². The van der Waals surface area contributed by atoms with Gasteiger partial charge < -0.3 is 10.5 Å². The first kappa shape index (κ1) is 18.6. The van der Waals surface area contributed by atoms with Crippen molar-refractivity contribution in [3.05, 3.63) is 28.1 Å². The highest BCUT2D eigenvalue weighted by Gasteiger charge is 2.39. The molecule has 10 heteroatoms.